The number of nitrogens with zero attached hydrogens (tertiary/aromatic N) is 4. The van der Waals surface area contributed by atoms with Crippen molar-refractivity contribution < 1.29 is 4.74 Å². The van der Waals surface area contributed by atoms with Gasteiger partial charge in [-0.25, -0.2) is 0 Å². The Balaban J connectivity index is 1.46. The van der Waals surface area contributed by atoms with Crippen LogP contribution in [0.15, 0.2) is 54.9 Å². The second-order valence-electron chi connectivity index (χ2n) is 6.39. The minimum absolute atomic E-state index is 0.397. The Kier molecular flexibility index (Phi) is 5.29. The summed E-state index contributed by atoms with van der Waals surface area (Å²) in [4.78, 5) is 15.3. The topological polar surface area (TPSA) is 75.2 Å². The number of nitrogens with one attached hydrogen (secondary N) is 2. The van der Waals surface area contributed by atoms with Crippen molar-refractivity contribution in [1.29, 1.82) is 0 Å². The molecule has 1 aliphatic rings. The van der Waals surface area contributed by atoms with Crippen molar-refractivity contribution in [1.82, 2.24) is 20.3 Å². The van der Waals surface area contributed by atoms with Gasteiger partial charge in [-0.15, -0.1) is 0 Å². The van der Waals surface area contributed by atoms with Gasteiger partial charge in [-0.3, -0.25) is 4.98 Å². The molecular formula is C20H20N6OS. The molecule has 2 N–H and O–H groups in total. The number of anilines is 2. The van der Waals surface area contributed by atoms with Gasteiger partial charge in [0.2, 0.25) is 11.8 Å². The van der Waals surface area contributed by atoms with Crippen LogP contribution in [0.2, 0.25) is 0 Å². The van der Waals surface area contributed by atoms with Gasteiger partial charge in [0.15, 0.2) is 5.11 Å². The molecule has 1 aliphatic heterocycles. The maximum atomic E-state index is 5.37. The summed E-state index contributed by atoms with van der Waals surface area (Å²) < 4.78 is 5.35. The molecule has 28 heavy (non-hydrogen) atoms. The summed E-state index contributed by atoms with van der Waals surface area (Å²) in [6.45, 7) is 2.18. The minimum Gasteiger partial charge on any atom is -0.481 e. The normalized spacial score (nSPS) is 12.4. The Hall–Kier alpha value is -3.26. The van der Waals surface area contributed by atoms with Crippen LogP contribution in [0.4, 0.5) is 11.8 Å². The van der Waals surface area contributed by atoms with Gasteiger partial charge in [0.25, 0.3) is 0 Å². The molecule has 0 radical (unpaired) electrons. The predicted octanol–water partition coefficient (Wildman–Crippen LogP) is 2.89. The van der Waals surface area contributed by atoms with Crippen molar-refractivity contribution in [3.8, 4) is 5.88 Å². The number of rotatable bonds is 5. The quantitative estimate of drug-likeness (QED) is 0.642. The molecule has 0 atom stereocenters. The van der Waals surface area contributed by atoms with Crippen molar-refractivity contribution in [2.75, 3.05) is 17.3 Å². The lowest BCUT2D eigenvalue weighted by Crippen LogP contribution is -2.29. The van der Waals surface area contributed by atoms with E-state index in [0.29, 0.717) is 23.5 Å². The molecule has 0 bridgehead atoms. The summed E-state index contributed by atoms with van der Waals surface area (Å²) in [5.74, 6) is 1.67. The van der Waals surface area contributed by atoms with Crippen LogP contribution >= 0.6 is 12.2 Å². The highest BCUT2D eigenvalue weighted by Gasteiger charge is 2.21. The minimum atomic E-state index is 0.397. The Labute approximate surface area is 168 Å². The lowest BCUT2D eigenvalue weighted by Gasteiger charge is -2.18. The molecule has 0 saturated heterocycles. The van der Waals surface area contributed by atoms with Gasteiger partial charge in [0.05, 0.1) is 7.11 Å². The highest BCUT2D eigenvalue weighted by molar-refractivity contribution is 7.80. The molecule has 0 unspecified atom stereocenters. The van der Waals surface area contributed by atoms with E-state index < -0.39 is 0 Å². The molecule has 0 spiro atoms. The van der Waals surface area contributed by atoms with Crippen LogP contribution in [0.5, 0.6) is 5.88 Å². The lowest BCUT2D eigenvalue weighted by molar-refractivity contribution is 0.397. The van der Waals surface area contributed by atoms with Crippen LogP contribution in [0, 0.1) is 0 Å². The van der Waals surface area contributed by atoms with Crippen LogP contribution < -0.4 is 20.3 Å². The standard InChI is InChI=1S/C20H20N6OS/c1-27-18-9-17(26-12-15-6-2-3-7-16(15)13-26)23-19(24-18)25-20(28)22-11-14-5-4-8-21-10-14/h2-10H,11-13H2,1H3,(H2,22,23,24,25,28). The van der Waals surface area contributed by atoms with Crippen molar-refractivity contribution in [2.24, 2.45) is 0 Å². The summed E-state index contributed by atoms with van der Waals surface area (Å²) in [5.41, 5.74) is 3.65. The van der Waals surface area contributed by atoms with Gasteiger partial charge in [0, 0.05) is 38.1 Å². The van der Waals surface area contributed by atoms with Gasteiger partial charge < -0.3 is 20.3 Å². The Morgan fingerprint density at radius 3 is 2.61 bits per heavy atom. The average Bonchev–Trinajstić information content (AvgIpc) is 3.17. The monoisotopic (exact) mass is 392 g/mol. The van der Waals surface area contributed by atoms with Gasteiger partial charge in [-0.1, -0.05) is 30.3 Å². The van der Waals surface area contributed by atoms with Crippen molar-refractivity contribution in [3.05, 3.63) is 71.5 Å². The first-order valence-electron chi connectivity index (χ1n) is 8.90. The van der Waals surface area contributed by atoms with Crippen molar-refractivity contribution in [2.45, 2.75) is 19.6 Å². The second-order valence-corrected chi connectivity index (χ2v) is 6.79. The zero-order valence-electron chi connectivity index (χ0n) is 15.4. The molecule has 7 nitrogen and oxygen atoms in total. The van der Waals surface area contributed by atoms with E-state index >= 15 is 0 Å². The highest BCUT2D eigenvalue weighted by Crippen LogP contribution is 2.29. The van der Waals surface area contributed by atoms with Crippen molar-refractivity contribution in [3.63, 3.8) is 0 Å². The van der Waals surface area contributed by atoms with Crippen LogP contribution in [-0.4, -0.2) is 27.2 Å². The molecule has 1 aromatic carbocycles. The van der Waals surface area contributed by atoms with Gasteiger partial charge >= 0.3 is 0 Å². The van der Waals surface area contributed by atoms with Crippen LogP contribution in [0.1, 0.15) is 16.7 Å². The summed E-state index contributed by atoms with van der Waals surface area (Å²) in [7, 11) is 1.59. The van der Waals surface area contributed by atoms with Crippen molar-refractivity contribution >= 4 is 29.1 Å². The van der Waals surface area contributed by atoms with E-state index in [1.807, 2.05) is 18.2 Å². The predicted molar refractivity (Wildman–Crippen MR) is 112 cm³/mol. The lowest BCUT2D eigenvalue weighted by atomic mass is 10.1. The molecular weight excluding hydrogens is 372 g/mol. The van der Waals surface area contributed by atoms with Crippen LogP contribution in [-0.2, 0) is 19.6 Å². The molecule has 3 aromatic rings. The number of thiocarbonyl (C=S) groups is 1. The molecule has 4 rings (SSSR count). The third-order valence-corrected chi connectivity index (χ3v) is 4.71. The van der Waals surface area contributed by atoms with E-state index in [4.69, 9.17) is 17.0 Å². The first-order valence-corrected chi connectivity index (χ1v) is 9.30. The maximum absolute atomic E-state index is 5.37. The number of hydrogen-bond acceptors (Lipinski definition) is 6. The van der Waals surface area contributed by atoms with Crippen LogP contribution in [0.25, 0.3) is 0 Å². The third-order valence-electron chi connectivity index (χ3n) is 4.46. The third kappa shape index (κ3) is 4.17. The summed E-state index contributed by atoms with van der Waals surface area (Å²) in [5, 5.41) is 6.61. The fourth-order valence-electron chi connectivity index (χ4n) is 3.06. The van der Waals surface area contributed by atoms with E-state index in [-0.39, 0.29) is 0 Å². The maximum Gasteiger partial charge on any atom is 0.234 e. The van der Waals surface area contributed by atoms with E-state index in [0.717, 1.165) is 24.5 Å². The number of benzene rings is 1. The zero-order valence-corrected chi connectivity index (χ0v) is 16.2. The SMILES string of the molecule is COc1cc(N2Cc3ccccc3C2)nc(NC(=S)NCc2cccnc2)n1. The smallest absolute Gasteiger partial charge is 0.234 e. The molecule has 3 heterocycles. The van der Waals surface area contributed by atoms with Gasteiger partial charge in [-0.05, 0) is 35.0 Å². The fraction of sp³-hybridized carbons (Fsp3) is 0.200. The Morgan fingerprint density at radius 1 is 1.14 bits per heavy atom. The first-order chi connectivity index (χ1) is 13.7. The molecule has 0 amide bonds. The number of methoxy groups -OCH3 is 1. The van der Waals surface area contributed by atoms with E-state index in [2.05, 4.69) is 54.8 Å². The summed E-state index contributed by atoms with van der Waals surface area (Å²) >= 11 is 5.37. The highest BCUT2D eigenvalue weighted by atomic mass is 32.1. The van der Waals surface area contributed by atoms with Crippen LogP contribution in [0.3, 0.4) is 0 Å². The number of fused-ring (bicyclic) bond motifs is 1. The van der Waals surface area contributed by atoms with E-state index in [1.54, 1.807) is 19.5 Å². The zero-order chi connectivity index (χ0) is 19.3. The number of pyridine rings is 1. The average molecular weight is 392 g/mol. The number of aromatic nitrogens is 3. The molecule has 2 aromatic heterocycles. The molecule has 142 valence electrons. The fourth-order valence-corrected chi connectivity index (χ4v) is 3.22. The molecule has 0 aliphatic carbocycles. The second kappa shape index (κ2) is 8.18. The summed E-state index contributed by atoms with van der Waals surface area (Å²) in [6, 6.07) is 14.1. The first kappa shape index (κ1) is 18.1. The largest absolute Gasteiger partial charge is 0.481 e. The number of ether oxygens (including phenoxy) is 1. The Morgan fingerprint density at radius 2 is 1.93 bits per heavy atom. The Bertz CT molecular complexity index is 956. The summed E-state index contributed by atoms with van der Waals surface area (Å²) in [6.07, 6.45) is 3.53. The molecule has 0 fully saturated rings. The van der Waals surface area contributed by atoms with Gasteiger partial charge in [0.1, 0.15) is 5.82 Å². The molecule has 0 saturated carbocycles. The number of hydrogen-bond donors (Lipinski definition) is 2. The van der Waals surface area contributed by atoms with E-state index in [9.17, 15) is 0 Å². The van der Waals surface area contributed by atoms with Gasteiger partial charge in [-0.2, -0.15) is 9.97 Å². The molecule has 8 heteroatoms. The van der Waals surface area contributed by atoms with E-state index in [1.165, 1.54) is 11.1 Å².